The molecule has 0 aromatic carbocycles. The molecule has 1 aliphatic rings. The number of hydrogen-bond donors (Lipinski definition) is 1. The molecule has 2 N–H and O–H groups in total. The molecule has 2 rings (SSSR count). The SMILES string of the molecule is CCCn1cc(Cl)cc1C(=O)N1CCCC(N)C1. The van der Waals surface area contributed by atoms with E-state index in [0.717, 1.165) is 32.4 Å². The lowest BCUT2D eigenvalue weighted by molar-refractivity contribution is 0.0697. The summed E-state index contributed by atoms with van der Waals surface area (Å²) in [6.07, 6.45) is 4.78. The highest BCUT2D eigenvalue weighted by molar-refractivity contribution is 6.31. The van der Waals surface area contributed by atoms with E-state index < -0.39 is 0 Å². The molecule has 1 aromatic rings. The van der Waals surface area contributed by atoms with Crippen molar-refractivity contribution in [3.8, 4) is 0 Å². The molecular weight excluding hydrogens is 250 g/mol. The third-order valence-electron chi connectivity index (χ3n) is 3.29. The maximum Gasteiger partial charge on any atom is 0.270 e. The Morgan fingerprint density at radius 1 is 1.61 bits per heavy atom. The predicted octanol–water partition coefficient (Wildman–Crippen LogP) is 2.11. The van der Waals surface area contributed by atoms with Crippen molar-refractivity contribution in [2.75, 3.05) is 13.1 Å². The number of amides is 1. The number of carbonyl (C=O) groups excluding carboxylic acids is 1. The molecule has 0 spiro atoms. The van der Waals surface area contributed by atoms with E-state index in [9.17, 15) is 4.79 Å². The van der Waals surface area contributed by atoms with Crippen LogP contribution in [-0.2, 0) is 6.54 Å². The molecule has 0 saturated carbocycles. The third kappa shape index (κ3) is 2.87. The third-order valence-corrected chi connectivity index (χ3v) is 3.50. The van der Waals surface area contributed by atoms with Crippen LogP contribution in [0.25, 0.3) is 0 Å². The van der Waals surface area contributed by atoms with Crippen LogP contribution in [0.4, 0.5) is 0 Å². The lowest BCUT2D eigenvalue weighted by Gasteiger charge is -2.31. The number of nitrogens with zero attached hydrogens (tertiary/aromatic N) is 2. The van der Waals surface area contributed by atoms with Gasteiger partial charge >= 0.3 is 0 Å². The molecule has 18 heavy (non-hydrogen) atoms. The standard InChI is InChI=1S/C13H20ClN3O/c1-2-5-16-8-10(14)7-12(16)13(18)17-6-3-4-11(15)9-17/h7-8,11H,2-6,9,15H2,1H3. The minimum absolute atomic E-state index is 0.0468. The van der Waals surface area contributed by atoms with E-state index in [1.54, 1.807) is 6.07 Å². The second kappa shape index (κ2) is 5.76. The van der Waals surface area contributed by atoms with Gasteiger partial charge in [0.2, 0.25) is 0 Å². The van der Waals surface area contributed by atoms with Crippen LogP contribution in [0.15, 0.2) is 12.3 Å². The van der Waals surface area contributed by atoms with E-state index >= 15 is 0 Å². The van der Waals surface area contributed by atoms with Crippen LogP contribution >= 0.6 is 11.6 Å². The summed E-state index contributed by atoms with van der Waals surface area (Å²) < 4.78 is 1.94. The topological polar surface area (TPSA) is 51.3 Å². The van der Waals surface area contributed by atoms with E-state index in [1.807, 2.05) is 15.7 Å². The summed E-state index contributed by atoms with van der Waals surface area (Å²) >= 11 is 6.00. The largest absolute Gasteiger partial charge is 0.342 e. The maximum atomic E-state index is 12.4. The quantitative estimate of drug-likeness (QED) is 0.914. The number of aryl methyl sites for hydroxylation is 1. The average Bonchev–Trinajstić information content (AvgIpc) is 2.70. The molecule has 1 atom stereocenters. The van der Waals surface area contributed by atoms with Crippen LogP contribution in [0.3, 0.4) is 0 Å². The van der Waals surface area contributed by atoms with E-state index in [4.69, 9.17) is 17.3 Å². The van der Waals surface area contributed by atoms with Crippen molar-refractivity contribution in [1.29, 1.82) is 0 Å². The van der Waals surface area contributed by atoms with Gasteiger partial charge < -0.3 is 15.2 Å². The lowest BCUT2D eigenvalue weighted by atomic mass is 10.1. The Hall–Kier alpha value is -1.00. The molecule has 5 heteroatoms. The zero-order valence-corrected chi connectivity index (χ0v) is 11.5. The smallest absolute Gasteiger partial charge is 0.270 e. The van der Waals surface area contributed by atoms with Crippen molar-refractivity contribution in [3.63, 3.8) is 0 Å². The first-order chi connectivity index (χ1) is 8.61. The summed E-state index contributed by atoms with van der Waals surface area (Å²) in [4.78, 5) is 14.3. The van der Waals surface area contributed by atoms with Crippen molar-refractivity contribution in [2.24, 2.45) is 5.73 Å². The number of aromatic nitrogens is 1. The van der Waals surface area contributed by atoms with Gasteiger partial charge in [0.25, 0.3) is 5.91 Å². The van der Waals surface area contributed by atoms with Gasteiger partial charge in [-0.15, -0.1) is 0 Å². The molecule has 1 amide bonds. The Labute approximate surface area is 113 Å². The molecular formula is C13H20ClN3O. The molecule has 0 bridgehead atoms. The van der Waals surface area contributed by atoms with Crippen LogP contribution in [-0.4, -0.2) is 34.5 Å². The predicted molar refractivity (Wildman–Crippen MR) is 72.8 cm³/mol. The Kier molecular flexibility index (Phi) is 4.30. The highest BCUT2D eigenvalue weighted by Gasteiger charge is 2.24. The van der Waals surface area contributed by atoms with E-state index in [1.165, 1.54) is 0 Å². The van der Waals surface area contributed by atoms with Crippen molar-refractivity contribution in [3.05, 3.63) is 23.0 Å². The number of nitrogens with two attached hydrogens (primary N) is 1. The van der Waals surface area contributed by atoms with Gasteiger partial charge in [-0.3, -0.25) is 4.79 Å². The Bertz CT molecular complexity index is 430. The van der Waals surface area contributed by atoms with Crippen LogP contribution in [0.5, 0.6) is 0 Å². The molecule has 1 unspecified atom stereocenters. The van der Waals surface area contributed by atoms with Crippen molar-refractivity contribution in [1.82, 2.24) is 9.47 Å². The summed E-state index contributed by atoms with van der Waals surface area (Å²) in [6, 6.07) is 1.85. The number of halogens is 1. The number of rotatable bonds is 3. The molecule has 0 radical (unpaired) electrons. The Morgan fingerprint density at radius 2 is 2.39 bits per heavy atom. The normalized spacial score (nSPS) is 20.2. The molecule has 4 nitrogen and oxygen atoms in total. The summed E-state index contributed by atoms with van der Waals surface area (Å²) in [5.74, 6) is 0.0468. The van der Waals surface area contributed by atoms with E-state index in [2.05, 4.69) is 6.92 Å². The van der Waals surface area contributed by atoms with Crippen molar-refractivity contribution < 1.29 is 4.79 Å². The molecule has 2 heterocycles. The van der Waals surface area contributed by atoms with Gasteiger partial charge in [0.05, 0.1) is 5.02 Å². The lowest BCUT2D eigenvalue weighted by Crippen LogP contribution is -2.46. The summed E-state index contributed by atoms with van der Waals surface area (Å²) in [5, 5.41) is 0.619. The van der Waals surface area contributed by atoms with Gasteiger partial charge in [-0.05, 0) is 25.3 Å². The first-order valence-corrected chi connectivity index (χ1v) is 6.90. The van der Waals surface area contributed by atoms with Gasteiger partial charge in [-0.1, -0.05) is 18.5 Å². The minimum atomic E-state index is 0.0468. The second-order valence-corrected chi connectivity index (χ2v) is 5.33. The van der Waals surface area contributed by atoms with E-state index in [-0.39, 0.29) is 11.9 Å². The van der Waals surface area contributed by atoms with Crippen molar-refractivity contribution in [2.45, 2.75) is 38.8 Å². The zero-order valence-electron chi connectivity index (χ0n) is 10.7. The number of piperidine rings is 1. The minimum Gasteiger partial charge on any atom is -0.342 e. The number of hydrogen-bond acceptors (Lipinski definition) is 2. The average molecular weight is 270 g/mol. The van der Waals surface area contributed by atoms with Crippen LogP contribution in [0.2, 0.25) is 5.02 Å². The van der Waals surface area contributed by atoms with Gasteiger partial charge in [-0.25, -0.2) is 0 Å². The van der Waals surface area contributed by atoms with Crippen LogP contribution in [0.1, 0.15) is 36.7 Å². The fourth-order valence-corrected chi connectivity index (χ4v) is 2.66. The monoisotopic (exact) mass is 269 g/mol. The molecule has 1 aliphatic heterocycles. The molecule has 1 fully saturated rings. The first-order valence-electron chi connectivity index (χ1n) is 6.52. The zero-order chi connectivity index (χ0) is 13.1. The van der Waals surface area contributed by atoms with E-state index in [0.29, 0.717) is 17.3 Å². The summed E-state index contributed by atoms with van der Waals surface area (Å²) in [6.45, 7) is 4.34. The molecule has 100 valence electrons. The van der Waals surface area contributed by atoms with Gasteiger partial charge in [0.1, 0.15) is 5.69 Å². The Morgan fingerprint density at radius 3 is 3.06 bits per heavy atom. The van der Waals surface area contributed by atoms with Crippen LogP contribution < -0.4 is 5.73 Å². The van der Waals surface area contributed by atoms with Gasteiger partial charge in [-0.2, -0.15) is 0 Å². The molecule has 1 aromatic heterocycles. The van der Waals surface area contributed by atoms with Crippen molar-refractivity contribution >= 4 is 17.5 Å². The first kappa shape index (κ1) is 13.4. The highest BCUT2D eigenvalue weighted by atomic mass is 35.5. The van der Waals surface area contributed by atoms with Gasteiger partial charge in [0, 0.05) is 31.9 Å². The highest BCUT2D eigenvalue weighted by Crippen LogP contribution is 2.18. The number of carbonyl (C=O) groups is 1. The fourth-order valence-electron chi connectivity index (χ4n) is 2.44. The molecule has 1 saturated heterocycles. The van der Waals surface area contributed by atoms with Crippen LogP contribution in [0, 0.1) is 0 Å². The summed E-state index contributed by atoms with van der Waals surface area (Å²) in [5.41, 5.74) is 6.59. The maximum absolute atomic E-state index is 12.4. The second-order valence-electron chi connectivity index (χ2n) is 4.89. The van der Waals surface area contributed by atoms with Gasteiger partial charge in [0.15, 0.2) is 0 Å². The fraction of sp³-hybridized carbons (Fsp3) is 0.615. The number of likely N-dealkylation sites (tertiary alicyclic amines) is 1. The molecule has 0 aliphatic carbocycles. The Balaban J connectivity index is 2.17. The summed E-state index contributed by atoms with van der Waals surface area (Å²) in [7, 11) is 0.